The van der Waals surface area contributed by atoms with Crippen LogP contribution in [0.25, 0.3) is 10.9 Å². The Morgan fingerprint density at radius 3 is 2.55 bits per heavy atom. The van der Waals surface area contributed by atoms with Gasteiger partial charge in [0.1, 0.15) is 5.75 Å². The summed E-state index contributed by atoms with van der Waals surface area (Å²) < 4.78 is 8.04. The smallest absolute Gasteiger partial charge is 0.174 e. The van der Waals surface area contributed by atoms with E-state index in [1.54, 1.807) is 0 Å². The molecule has 0 saturated heterocycles. The van der Waals surface area contributed by atoms with E-state index in [1.807, 2.05) is 31.2 Å². The van der Waals surface area contributed by atoms with Gasteiger partial charge in [0.05, 0.1) is 12.3 Å². The van der Waals surface area contributed by atoms with E-state index in [0.29, 0.717) is 12.6 Å². The highest BCUT2D eigenvalue weighted by molar-refractivity contribution is 7.80. The maximum absolute atomic E-state index is 6.01. The molecule has 1 fully saturated rings. The van der Waals surface area contributed by atoms with Gasteiger partial charge in [-0.3, -0.25) is 0 Å². The zero-order valence-corrected chi connectivity index (χ0v) is 19.5. The monoisotopic (exact) mass is 435 g/mol. The highest BCUT2D eigenvalue weighted by Gasteiger charge is 2.24. The van der Waals surface area contributed by atoms with Crippen molar-refractivity contribution in [3.8, 4) is 5.75 Å². The molecule has 164 valence electrons. The molecule has 0 radical (unpaired) electrons. The molecule has 1 N–H and O–H groups in total. The fraction of sp³-hybridized carbons (Fsp3) is 0.423. The summed E-state index contributed by atoms with van der Waals surface area (Å²) >= 11 is 6.01. The van der Waals surface area contributed by atoms with Crippen molar-refractivity contribution >= 4 is 33.9 Å². The number of nitrogens with zero attached hydrogens (tertiary/aromatic N) is 2. The number of aryl methyl sites for hydroxylation is 1. The average molecular weight is 436 g/mol. The van der Waals surface area contributed by atoms with Crippen LogP contribution in [0.4, 0.5) is 5.69 Å². The van der Waals surface area contributed by atoms with E-state index in [-0.39, 0.29) is 0 Å². The number of nitrogens with one attached hydrogen (secondary N) is 1. The van der Waals surface area contributed by atoms with E-state index < -0.39 is 0 Å². The van der Waals surface area contributed by atoms with E-state index in [0.717, 1.165) is 23.1 Å². The number of fused-ring (bicyclic) bond motifs is 1. The maximum atomic E-state index is 6.01. The van der Waals surface area contributed by atoms with Gasteiger partial charge in [-0.25, -0.2) is 0 Å². The molecular formula is C26H33N3OS. The maximum Gasteiger partial charge on any atom is 0.174 e. The van der Waals surface area contributed by atoms with Crippen molar-refractivity contribution in [3.63, 3.8) is 0 Å². The van der Waals surface area contributed by atoms with Crippen LogP contribution in [0.3, 0.4) is 0 Å². The first-order valence-corrected chi connectivity index (χ1v) is 11.9. The van der Waals surface area contributed by atoms with Crippen LogP contribution in [0.15, 0.2) is 54.7 Å². The van der Waals surface area contributed by atoms with E-state index in [1.165, 1.54) is 55.0 Å². The Morgan fingerprint density at radius 2 is 1.77 bits per heavy atom. The molecule has 31 heavy (non-hydrogen) atoms. The Labute approximate surface area is 191 Å². The van der Waals surface area contributed by atoms with E-state index >= 15 is 0 Å². The van der Waals surface area contributed by atoms with Gasteiger partial charge >= 0.3 is 0 Å². The zero-order valence-electron chi connectivity index (χ0n) is 18.6. The Bertz CT molecular complexity index is 1020. The number of benzene rings is 2. The largest absolute Gasteiger partial charge is 0.492 e. The Balaban J connectivity index is 1.63. The van der Waals surface area contributed by atoms with Crippen LogP contribution >= 0.6 is 12.2 Å². The first kappa shape index (κ1) is 21.7. The summed E-state index contributed by atoms with van der Waals surface area (Å²) in [6.45, 7) is 3.45. The summed E-state index contributed by atoms with van der Waals surface area (Å²) in [5.74, 6) is 0.846. The minimum Gasteiger partial charge on any atom is -0.492 e. The number of rotatable bonds is 6. The minimum absolute atomic E-state index is 0.459. The van der Waals surface area contributed by atoms with Crippen molar-refractivity contribution in [2.45, 2.75) is 58.0 Å². The third-order valence-electron chi connectivity index (χ3n) is 6.27. The molecule has 1 heterocycles. The van der Waals surface area contributed by atoms with Crippen LogP contribution in [0, 0.1) is 0 Å². The number of hydrogen-bond acceptors (Lipinski definition) is 2. The lowest BCUT2D eigenvalue weighted by molar-refractivity contribution is 0.280. The van der Waals surface area contributed by atoms with Crippen molar-refractivity contribution in [1.82, 2.24) is 9.47 Å². The van der Waals surface area contributed by atoms with Gasteiger partial charge in [0.2, 0.25) is 0 Å². The molecule has 1 saturated carbocycles. The molecule has 0 unspecified atom stereocenters. The first-order chi connectivity index (χ1) is 15.2. The van der Waals surface area contributed by atoms with Crippen molar-refractivity contribution in [2.75, 3.05) is 11.9 Å². The van der Waals surface area contributed by atoms with Crippen LogP contribution in [-0.2, 0) is 13.6 Å². The lowest BCUT2D eigenvalue weighted by Crippen LogP contribution is -2.42. The molecule has 4 rings (SSSR count). The highest BCUT2D eigenvalue weighted by Crippen LogP contribution is 2.29. The zero-order chi connectivity index (χ0) is 21.6. The van der Waals surface area contributed by atoms with E-state index in [4.69, 9.17) is 17.0 Å². The summed E-state index contributed by atoms with van der Waals surface area (Å²) in [7, 11) is 2.12. The average Bonchev–Trinajstić information content (AvgIpc) is 2.94. The number of thiocarbonyl (C=S) groups is 1. The van der Waals surface area contributed by atoms with Gasteiger partial charge in [-0.05, 0) is 55.7 Å². The fourth-order valence-electron chi connectivity index (χ4n) is 4.71. The van der Waals surface area contributed by atoms with Gasteiger partial charge in [-0.1, -0.05) is 56.0 Å². The Morgan fingerprint density at radius 1 is 1.06 bits per heavy atom. The fourth-order valence-corrected chi connectivity index (χ4v) is 5.03. The third-order valence-corrected chi connectivity index (χ3v) is 6.61. The first-order valence-electron chi connectivity index (χ1n) is 11.5. The molecule has 1 aliphatic carbocycles. The summed E-state index contributed by atoms with van der Waals surface area (Å²) in [6.07, 6.45) is 9.84. The summed E-state index contributed by atoms with van der Waals surface area (Å²) in [4.78, 5) is 2.42. The van der Waals surface area contributed by atoms with E-state index in [2.05, 4.69) is 52.3 Å². The van der Waals surface area contributed by atoms with E-state index in [9.17, 15) is 0 Å². The van der Waals surface area contributed by atoms with Crippen LogP contribution in [0.5, 0.6) is 5.75 Å². The van der Waals surface area contributed by atoms with Gasteiger partial charge < -0.3 is 19.5 Å². The van der Waals surface area contributed by atoms with Crippen molar-refractivity contribution in [3.05, 3.63) is 60.3 Å². The topological polar surface area (TPSA) is 29.4 Å². The summed E-state index contributed by atoms with van der Waals surface area (Å²) in [6, 6.07) is 17.1. The molecule has 0 bridgehead atoms. The van der Waals surface area contributed by atoms with Gasteiger partial charge in [0, 0.05) is 36.7 Å². The molecule has 5 heteroatoms. The lowest BCUT2D eigenvalue weighted by Gasteiger charge is -2.34. The predicted octanol–water partition coefficient (Wildman–Crippen LogP) is 6.50. The van der Waals surface area contributed by atoms with Gasteiger partial charge in [0.15, 0.2) is 5.11 Å². The number of para-hydroxylation sites is 3. The lowest BCUT2D eigenvalue weighted by atomic mass is 10.1. The second-order valence-electron chi connectivity index (χ2n) is 8.42. The number of aromatic nitrogens is 1. The van der Waals surface area contributed by atoms with Crippen LogP contribution in [-0.4, -0.2) is 27.2 Å². The van der Waals surface area contributed by atoms with Crippen molar-refractivity contribution in [2.24, 2.45) is 7.05 Å². The molecule has 2 aromatic carbocycles. The molecule has 0 amide bonds. The van der Waals surface area contributed by atoms with Crippen molar-refractivity contribution in [1.29, 1.82) is 0 Å². The molecule has 0 spiro atoms. The highest BCUT2D eigenvalue weighted by atomic mass is 32.1. The van der Waals surface area contributed by atoms with Gasteiger partial charge in [-0.15, -0.1) is 0 Å². The van der Waals surface area contributed by atoms with Crippen LogP contribution < -0.4 is 10.1 Å². The quantitative estimate of drug-likeness (QED) is 0.353. The molecule has 3 aromatic rings. The van der Waals surface area contributed by atoms with Crippen LogP contribution in [0.2, 0.25) is 0 Å². The van der Waals surface area contributed by atoms with Gasteiger partial charge in [0.25, 0.3) is 0 Å². The SMILES string of the molecule is CCOc1ccccc1NC(=S)N(Cc1cn(C)c2ccccc12)C1CCCCCC1. The Hall–Kier alpha value is -2.53. The second-order valence-corrected chi connectivity index (χ2v) is 8.80. The standard InChI is InChI=1S/C26H33N3OS/c1-3-30-25-17-11-9-15-23(25)27-26(31)29(21-12-6-4-5-7-13-21)19-20-18-28(2)24-16-10-8-14-22(20)24/h8-11,14-18,21H,3-7,12-13,19H2,1-2H3,(H,27,31). The van der Waals surface area contributed by atoms with Crippen molar-refractivity contribution < 1.29 is 4.74 Å². The normalized spacial score (nSPS) is 14.9. The minimum atomic E-state index is 0.459. The Kier molecular flexibility index (Phi) is 7.13. The summed E-state index contributed by atoms with van der Waals surface area (Å²) in [5, 5.41) is 5.60. The summed E-state index contributed by atoms with van der Waals surface area (Å²) in [5.41, 5.74) is 3.52. The molecule has 4 nitrogen and oxygen atoms in total. The molecule has 1 aromatic heterocycles. The van der Waals surface area contributed by atoms with Gasteiger partial charge in [-0.2, -0.15) is 0 Å². The number of hydrogen-bond donors (Lipinski definition) is 1. The van der Waals surface area contributed by atoms with Crippen LogP contribution in [0.1, 0.15) is 51.0 Å². The second kappa shape index (κ2) is 10.2. The third kappa shape index (κ3) is 5.04. The molecular weight excluding hydrogens is 402 g/mol. The molecule has 0 atom stereocenters. The number of anilines is 1. The predicted molar refractivity (Wildman–Crippen MR) is 134 cm³/mol. The number of ether oxygens (including phenoxy) is 1. The molecule has 1 aliphatic rings. The molecule has 0 aliphatic heterocycles.